The predicted octanol–water partition coefficient (Wildman–Crippen LogP) is 0.315. The predicted molar refractivity (Wildman–Crippen MR) is 56.0 cm³/mol. The third kappa shape index (κ3) is 2.63. The van der Waals surface area contributed by atoms with E-state index in [4.69, 9.17) is 23.7 Å². The highest BCUT2D eigenvalue weighted by Gasteiger charge is 2.57. The van der Waals surface area contributed by atoms with Crippen LogP contribution in [0.1, 0.15) is 27.7 Å². The number of carbonyl (C=O) groups is 2. The maximum absolute atomic E-state index is 11.1. The Kier molecular flexibility index (Phi) is 3.31. The average Bonchev–Trinajstić information content (AvgIpc) is 2.60. The number of rotatable bonds is 2. The molecule has 102 valence electrons. The first kappa shape index (κ1) is 13.3. The van der Waals surface area contributed by atoms with Gasteiger partial charge in [0.15, 0.2) is 24.3 Å². The van der Waals surface area contributed by atoms with Gasteiger partial charge in [0.2, 0.25) is 6.29 Å². The monoisotopic (exact) mass is 260 g/mol. The van der Waals surface area contributed by atoms with Crippen LogP contribution < -0.4 is 0 Å². The molecule has 2 aliphatic heterocycles. The van der Waals surface area contributed by atoms with Gasteiger partial charge >= 0.3 is 11.9 Å². The highest BCUT2D eigenvalue weighted by Crippen LogP contribution is 2.39. The number of carbonyl (C=O) groups excluding carboxylic acids is 2. The van der Waals surface area contributed by atoms with E-state index in [1.807, 2.05) is 0 Å². The molecule has 0 aromatic heterocycles. The number of hydrogen-bond acceptors (Lipinski definition) is 7. The van der Waals surface area contributed by atoms with Crippen molar-refractivity contribution in [3.8, 4) is 0 Å². The third-order valence-electron chi connectivity index (χ3n) is 2.53. The lowest BCUT2D eigenvalue weighted by molar-refractivity contribution is -0.258. The summed E-state index contributed by atoms with van der Waals surface area (Å²) >= 11 is 0. The van der Waals surface area contributed by atoms with E-state index < -0.39 is 42.5 Å². The minimum absolute atomic E-state index is 0.505. The fourth-order valence-corrected chi connectivity index (χ4v) is 2.02. The minimum Gasteiger partial charge on any atom is -0.453 e. The van der Waals surface area contributed by atoms with Crippen LogP contribution in [-0.2, 0) is 33.3 Å². The van der Waals surface area contributed by atoms with E-state index >= 15 is 0 Å². The fourth-order valence-electron chi connectivity index (χ4n) is 2.02. The van der Waals surface area contributed by atoms with E-state index in [1.165, 1.54) is 13.8 Å². The van der Waals surface area contributed by atoms with Gasteiger partial charge in [-0.1, -0.05) is 0 Å². The van der Waals surface area contributed by atoms with Gasteiger partial charge in [0.05, 0.1) is 0 Å². The zero-order valence-electron chi connectivity index (χ0n) is 10.7. The molecule has 7 heteroatoms. The van der Waals surface area contributed by atoms with Crippen LogP contribution in [0.15, 0.2) is 0 Å². The molecule has 2 fully saturated rings. The van der Waals surface area contributed by atoms with Crippen molar-refractivity contribution in [2.24, 2.45) is 0 Å². The van der Waals surface area contributed by atoms with Gasteiger partial charge in [0, 0.05) is 13.8 Å². The summed E-state index contributed by atoms with van der Waals surface area (Å²) < 4.78 is 26.4. The van der Waals surface area contributed by atoms with Gasteiger partial charge in [-0.3, -0.25) is 9.59 Å². The van der Waals surface area contributed by atoms with Gasteiger partial charge < -0.3 is 23.7 Å². The van der Waals surface area contributed by atoms with Crippen LogP contribution in [0.3, 0.4) is 0 Å². The molecule has 0 aliphatic carbocycles. The molecule has 2 heterocycles. The van der Waals surface area contributed by atoms with Crippen LogP contribution in [0, 0.1) is 0 Å². The van der Waals surface area contributed by atoms with Gasteiger partial charge in [0.1, 0.15) is 0 Å². The second-order valence-electron chi connectivity index (χ2n) is 4.66. The van der Waals surface area contributed by atoms with Crippen molar-refractivity contribution >= 4 is 11.9 Å². The Morgan fingerprint density at radius 1 is 1.06 bits per heavy atom. The fraction of sp³-hybridized carbons (Fsp3) is 0.818. The normalized spacial score (nSPS) is 37.1. The first-order valence-corrected chi connectivity index (χ1v) is 5.64. The lowest BCUT2D eigenvalue weighted by Crippen LogP contribution is -2.39. The molecule has 2 aliphatic rings. The van der Waals surface area contributed by atoms with Gasteiger partial charge in [-0.2, -0.15) is 0 Å². The Balaban J connectivity index is 2.12. The lowest BCUT2D eigenvalue weighted by Gasteiger charge is -2.24. The molecular formula is C11H16O7. The summed E-state index contributed by atoms with van der Waals surface area (Å²) in [6, 6.07) is 0. The van der Waals surface area contributed by atoms with E-state index in [1.54, 1.807) is 13.8 Å². The molecule has 0 bridgehead atoms. The summed E-state index contributed by atoms with van der Waals surface area (Å²) in [6.45, 7) is 5.95. The van der Waals surface area contributed by atoms with E-state index in [9.17, 15) is 9.59 Å². The molecule has 0 aromatic carbocycles. The summed E-state index contributed by atoms with van der Waals surface area (Å²) in [7, 11) is 0. The maximum Gasteiger partial charge on any atom is 0.305 e. The molecule has 7 nitrogen and oxygen atoms in total. The van der Waals surface area contributed by atoms with Crippen molar-refractivity contribution in [1.29, 1.82) is 0 Å². The Morgan fingerprint density at radius 2 is 1.67 bits per heavy atom. The van der Waals surface area contributed by atoms with Crippen molar-refractivity contribution in [2.75, 3.05) is 0 Å². The minimum atomic E-state index is -1.00. The summed E-state index contributed by atoms with van der Waals surface area (Å²) in [4.78, 5) is 22.0. The van der Waals surface area contributed by atoms with Crippen LogP contribution in [0.2, 0.25) is 0 Å². The first-order chi connectivity index (χ1) is 8.28. The molecule has 0 saturated carbocycles. The molecule has 2 rings (SSSR count). The molecule has 2 saturated heterocycles. The lowest BCUT2D eigenvalue weighted by atomic mass is 10.2. The topological polar surface area (TPSA) is 80.3 Å². The number of ether oxygens (including phenoxy) is 5. The van der Waals surface area contributed by atoms with Crippen molar-refractivity contribution in [2.45, 2.75) is 58.3 Å². The van der Waals surface area contributed by atoms with Crippen molar-refractivity contribution in [3.05, 3.63) is 0 Å². The molecule has 4 atom stereocenters. The molecule has 0 amide bonds. The summed E-state index contributed by atoms with van der Waals surface area (Å²) in [6.07, 6.45) is -3.14. The summed E-state index contributed by atoms with van der Waals surface area (Å²) in [5.74, 6) is -1.86. The molecule has 1 unspecified atom stereocenters. The zero-order valence-corrected chi connectivity index (χ0v) is 10.7. The van der Waals surface area contributed by atoms with E-state index in [0.717, 1.165) is 0 Å². The standard InChI is InChI=1S/C11H16O7/c1-5(12)14-7-8-10(18-11(3,4)17-8)16-9(7)15-6(2)13/h7-10H,1-4H3/t7?,8-,9-,10-/m0/s1. The van der Waals surface area contributed by atoms with E-state index in [-0.39, 0.29) is 0 Å². The smallest absolute Gasteiger partial charge is 0.305 e. The van der Waals surface area contributed by atoms with Gasteiger partial charge in [0.25, 0.3) is 0 Å². The van der Waals surface area contributed by atoms with Crippen LogP contribution in [0.5, 0.6) is 0 Å². The molecule has 18 heavy (non-hydrogen) atoms. The molecular weight excluding hydrogens is 244 g/mol. The number of hydrogen-bond donors (Lipinski definition) is 0. The highest BCUT2D eigenvalue weighted by molar-refractivity contribution is 5.67. The Labute approximate surface area is 104 Å². The Bertz CT molecular complexity index is 364. The second kappa shape index (κ2) is 4.49. The van der Waals surface area contributed by atoms with Crippen LogP contribution in [0.25, 0.3) is 0 Å². The van der Waals surface area contributed by atoms with Crippen LogP contribution in [0.4, 0.5) is 0 Å². The Morgan fingerprint density at radius 3 is 2.22 bits per heavy atom. The van der Waals surface area contributed by atoms with Crippen molar-refractivity contribution in [1.82, 2.24) is 0 Å². The number of esters is 2. The average molecular weight is 260 g/mol. The first-order valence-electron chi connectivity index (χ1n) is 5.64. The molecule has 0 N–H and O–H groups in total. The van der Waals surface area contributed by atoms with Crippen molar-refractivity contribution < 1.29 is 33.3 Å². The SMILES string of the molecule is CC(=O)OC1[C@@H](OC(C)=O)O[C@H]2OC(C)(C)O[C@@H]12. The molecule has 0 radical (unpaired) electrons. The maximum atomic E-state index is 11.1. The summed E-state index contributed by atoms with van der Waals surface area (Å²) in [5, 5.41) is 0. The molecule has 0 spiro atoms. The van der Waals surface area contributed by atoms with Gasteiger partial charge in [-0.05, 0) is 13.8 Å². The highest BCUT2D eigenvalue weighted by atomic mass is 16.9. The quantitative estimate of drug-likeness (QED) is 0.661. The zero-order chi connectivity index (χ0) is 13.5. The van der Waals surface area contributed by atoms with E-state index in [0.29, 0.717) is 0 Å². The van der Waals surface area contributed by atoms with Crippen LogP contribution in [-0.4, -0.2) is 42.5 Å². The van der Waals surface area contributed by atoms with E-state index in [2.05, 4.69) is 0 Å². The summed E-state index contributed by atoms with van der Waals surface area (Å²) in [5.41, 5.74) is 0. The van der Waals surface area contributed by atoms with Crippen LogP contribution >= 0.6 is 0 Å². The second-order valence-corrected chi connectivity index (χ2v) is 4.66. The van der Waals surface area contributed by atoms with Crippen molar-refractivity contribution in [3.63, 3.8) is 0 Å². The largest absolute Gasteiger partial charge is 0.453 e. The van der Waals surface area contributed by atoms with Gasteiger partial charge in [-0.15, -0.1) is 0 Å². The van der Waals surface area contributed by atoms with Gasteiger partial charge in [-0.25, -0.2) is 0 Å². The number of fused-ring (bicyclic) bond motifs is 1. The third-order valence-corrected chi connectivity index (χ3v) is 2.53. The molecule has 0 aromatic rings. The Hall–Kier alpha value is -1.18.